The zero-order valence-electron chi connectivity index (χ0n) is 11.9. The van der Waals surface area contributed by atoms with Crippen LogP contribution in [0.1, 0.15) is 31.9 Å². The number of amides is 1. The van der Waals surface area contributed by atoms with E-state index in [1.165, 1.54) is 23.1 Å². The van der Waals surface area contributed by atoms with Gasteiger partial charge in [0.2, 0.25) is 5.91 Å². The van der Waals surface area contributed by atoms with Crippen LogP contribution in [0.5, 0.6) is 0 Å². The average Bonchev–Trinajstić information content (AvgIpc) is 3.08. The highest BCUT2D eigenvalue weighted by Crippen LogP contribution is 2.26. The molecule has 1 aromatic rings. The molecule has 0 saturated heterocycles. The number of thioether (sulfide) groups is 1. The maximum Gasteiger partial charge on any atom is 0.309 e. The number of carbonyl (C=O) groups excluding carboxylic acids is 1. The molecule has 1 N–H and O–H groups in total. The molecule has 0 saturated carbocycles. The lowest BCUT2D eigenvalue weighted by atomic mass is 10.3. The van der Waals surface area contributed by atoms with Crippen molar-refractivity contribution in [1.29, 1.82) is 0 Å². The molecule has 0 radical (unpaired) electrons. The molecule has 1 heterocycles. The summed E-state index contributed by atoms with van der Waals surface area (Å²) in [6.07, 6.45) is 5.22. The minimum atomic E-state index is -0.891. The zero-order chi connectivity index (χ0) is 15.2. The van der Waals surface area contributed by atoms with Crippen LogP contribution < -0.4 is 0 Å². The molecule has 1 amide bonds. The number of aliphatic carboxylic acids is 1. The zero-order valence-corrected chi connectivity index (χ0v) is 13.5. The van der Waals surface area contributed by atoms with Gasteiger partial charge < -0.3 is 10.0 Å². The quantitative estimate of drug-likeness (QED) is 0.780. The molecule has 0 aromatic carbocycles. The summed E-state index contributed by atoms with van der Waals surface area (Å²) in [5, 5.41) is 10.4. The van der Waals surface area contributed by atoms with Gasteiger partial charge in [0, 0.05) is 17.6 Å². The van der Waals surface area contributed by atoms with Crippen LogP contribution in [0.15, 0.2) is 21.5 Å². The van der Waals surface area contributed by atoms with E-state index in [9.17, 15) is 9.59 Å². The lowest BCUT2D eigenvalue weighted by Crippen LogP contribution is -2.31. The van der Waals surface area contributed by atoms with Gasteiger partial charge in [0.05, 0.1) is 17.9 Å². The molecular formula is C14H18N2O3S2. The Hall–Kier alpha value is -1.34. The van der Waals surface area contributed by atoms with Crippen LogP contribution in [0.3, 0.4) is 0 Å². The van der Waals surface area contributed by atoms with Crippen molar-refractivity contribution in [3.8, 4) is 0 Å². The van der Waals surface area contributed by atoms with Crippen molar-refractivity contribution in [3.05, 3.63) is 22.8 Å². The van der Waals surface area contributed by atoms with Gasteiger partial charge in [-0.05, 0) is 26.2 Å². The van der Waals surface area contributed by atoms with E-state index in [0.29, 0.717) is 18.0 Å². The maximum absolute atomic E-state index is 12.3. The van der Waals surface area contributed by atoms with E-state index in [1.807, 2.05) is 11.8 Å². The Morgan fingerprint density at radius 1 is 1.52 bits per heavy atom. The largest absolute Gasteiger partial charge is 0.481 e. The second-order valence-corrected chi connectivity index (χ2v) is 6.77. The molecule has 1 aliphatic carbocycles. The van der Waals surface area contributed by atoms with E-state index in [1.54, 1.807) is 5.38 Å². The van der Waals surface area contributed by atoms with E-state index in [0.717, 1.165) is 29.3 Å². The van der Waals surface area contributed by atoms with Gasteiger partial charge in [-0.15, -0.1) is 11.3 Å². The first kappa shape index (κ1) is 16.0. The molecule has 21 heavy (non-hydrogen) atoms. The van der Waals surface area contributed by atoms with Gasteiger partial charge >= 0.3 is 5.97 Å². The molecule has 0 fully saturated rings. The number of aromatic nitrogens is 1. The number of hydrogen-bond donors (Lipinski definition) is 1. The third kappa shape index (κ3) is 4.57. The number of rotatable bonds is 7. The van der Waals surface area contributed by atoms with Gasteiger partial charge in [-0.2, -0.15) is 0 Å². The summed E-state index contributed by atoms with van der Waals surface area (Å²) in [6, 6.07) is 0. The van der Waals surface area contributed by atoms with Crippen LogP contribution >= 0.6 is 23.1 Å². The van der Waals surface area contributed by atoms with E-state index in [-0.39, 0.29) is 12.3 Å². The molecule has 114 valence electrons. The predicted octanol–water partition coefficient (Wildman–Crippen LogP) is 2.78. The summed E-state index contributed by atoms with van der Waals surface area (Å²) < 4.78 is 0.746. The minimum absolute atomic E-state index is 0.0705. The molecule has 2 rings (SSSR count). The fourth-order valence-corrected chi connectivity index (χ4v) is 3.95. The summed E-state index contributed by atoms with van der Waals surface area (Å²) in [5.41, 5.74) is 1.68. The number of carbonyl (C=O) groups is 2. The van der Waals surface area contributed by atoms with E-state index in [2.05, 4.69) is 11.1 Å². The molecule has 5 nitrogen and oxygen atoms in total. The minimum Gasteiger partial charge on any atom is -0.481 e. The highest BCUT2D eigenvalue weighted by atomic mass is 32.2. The highest BCUT2D eigenvalue weighted by molar-refractivity contribution is 8.01. The van der Waals surface area contributed by atoms with Crippen molar-refractivity contribution in [3.63, 3.8) is 0 Å². The monoisotopic (exact) mass is 326 g/mol. The van der Waals surface area contributed by atoms with Crippen LogP contribution in [0.2, 0.25) is 0 Å². The molecule has 7 heteroatoms. The molecule has 1 aromatic heterocycles. The molecule has 0 unspecified atom stereocenters. The third-order valence-electron chi connectivity index (χ3n) is 3.16. The Morgan fingerprint density at radius 3 is 2.95 bits per heavy atom. The molecular weight excluding hydrogens is 308 g/mol. The van der Waals surface area contributed by atoms with Gasteiger partial charge in [0.15, 0.2) is 4.34 Å². The van der Waals surface area contributed by atoms with Gasteiger partial charge in [-0.3, -0.25) is 9.59 Å². The first-order chi connectivity index (χ1) is 10.1. The van der Waals surface area contributed by atoms with Gasteiger partial charge in [-0.1, -0.05) is 17.8 Å². The fraction of sp³-hybridized carbons (Fsp3) is 0.500. The molecule has 0 bridgehead atoms. The second kappa shape index (κ2) is 7.61. The number of carboxylic acids is 1. The summed E-state index contributed by atoms with van der Waals surface area (Å²) in [7, 11) is 0. The Bertz CT molecular complexity index is 554. The molecule has 0 atom stereocenters. The van der Waals surface area contributed by atoms with Crippen molar-refractivity contribution >= 4 is 35.0 Å². The lowest BCUT2D eigenvalue weighted by molar-refractivity contribution is -0.136. The Labute approximate surface area is 132 Å². The molecule has 1 aliphatic rings. The summed E-state index contributed by atoms with van der Waals surface area (Å²) in [5.74, 6) is -0.463. The first-order valence-electron chi connectivity index (χ1n) is 6.88. The SMILES string of the molecule is CCN(C(=O)CSc1nc(CC(=O)O)cs1)C1=CCCC1. The number of nitrogens with zero attached hydrogens (tertiary/aromatic N) is 2. The number of carboxylic acid groups (broad SMARTS) is 1. The molecule has 0 aliphatic heterocycles. The average molecular weight is 326 g/mol. The Balaban J connectivity index is 1.87. The number of thiazole rings is 1. The normalized spacial score (nSPS) is 14.0. The topological polar surface area (TPSA) is 70.5 Å². The smallest absolute Gasteiger partial charge is 0.309 e. The number of hydrogen-bond acceptors (Lipinski definition) is 5. The third-order valence-corrected chi connectivity index (χ3v) is 5.22. The summed E-state index contributed by atoms with van der Waals surface area (Å²) >= 11 is 2.76. The van der Waals surface area contributed by atoms with E-state index >= 15 is 0 Å². The van der Waals surface area contributed by atoms with Crippen molar-refractivity contribution < 1.29 is 14.7 Å². The molecule has 0 spiro atoms. The summed E-state index contributed by atoms with van der Waals surface area (Å²) in [6.45, 7) is 2.67. The number of allylic oxidation sites excluding steroid dienone is 2. The fourth-order valence-electron chi connectivity index (χ4n) is 2.23. The standard InChI is InChI=1S/C14H18N2O3S2/c1-2-16(11-5-3-4-6-11)12(17)9-21-14-15-10(8-20-14)7-13(18)19/h5,8H,2-4,6-7,9H2,1H3,(H,18,19). The Kier molecular flexibility index (Phi) is 5.81. The predicted molar refractivity (Wildman–Crippen MR) is 83.5 cm³/mol. The van der Waals surface area contributed by atoms with Crippen LogP contribution in [-0.4, -0.2) is 39.2 Å². The second-order valence-electron chi connectivity index (χ2n) is 4.69. The van der Waals surface area contributed by atoms with Gasteiger partial charge in [0.1, 0.15) is 0 Å². The van der Waals surface area contributed by atoms with Crippen molar-refractivity contribution in [1.82, 2.24) is 9.88 Å². The van der Waals surface area contributed by atoms with Crippen LogP contribution in [0.4, 0.5) is 0 Å². The first-order valence-corrected chi connectivity index (χ1v) is 8.75. The van der Waals surface area contributed by atoms with Crippen molar-refractivity contribution in [2.45, 2.75) is 36.9 Å². The maximum atomic E-state index is 12.3. The Morgan fingerprint density at radius 2 is 2.33 bits per heavy atom. The lowest BCUT2D eigenvalue weighted by Gasteiger charge is -2.21. The summed E-state index contributed by atoms with van der Waals surface area (Å²) in [4.78, 5) is 28.9. The van der Waals surface area contributed by atoms with Crippen molar-refractivity contribution in [2.75, 3.05) is 12.3 Å². The van der Waals surface area contributed by atoms with E-state index in [4.69, 9.17) is 5.11 Å². The van der Waals surface area contributed by atoms with Crippen molar-refractivity contribution in [2.24, 2.45) is 0 Å². The highest BCUT2D eigenvalue weighted by Gasteiger charge is 2.19. The van der Waals surface area contributed by atoms with Crippen LogP contribution in [0, 0.1) is 0 Å². The van der Waals surface area contributed by atoms with Crippen LogP contribution in [0.25, 0.3) is 0 Å². The van der Waals surface area contributed by atoms with E-state index < -0.39 is 5.97 Å². The van der Waals surface area contributed by atoms with Gasteiger partial charge in [0.25, 0.3) is 0 Å². The van der Waals surface area contributed by atoms with Crippen LogP contribution in [-0.2, 0) is 16.0 Å². The van der Waals surface area contributed by atoms with Gasteiger partial charge in [-0.25, -0.2) is 4.98 Å².